The number of nitrogens with zero attached hydrogens (tertiary/aromatic N) is 1. The molecule has 1 N–H and O–H groups in total. The minimum Gasteiger partial charge on any atom is -0.461 e. The third kappa shape index (κ3) is 1.84. The van der Waals surface area contributed by atoms with E-state index in [9.17, 15) is 9.59 Å². The molecule has 5 nitrogen and oxygen atoms in total. The van der Waals surface area contributed by atoms with Gasteiger partial charge >= 0.3 is 5.97 Å². The minimum absolute atomic E-state index is 0.145. The lowest BCUT2D eigenvalue weighted by molar-refractivity contribution is 0.0519. The zero-order valence-corrected chi connectivity index (χ0v) is 10.8. The van der Waals surface area contributed by atoms with E-state index in [1.54, 1.807) is 13.0 Å². The first-order chi connectivity index (χ1) is 9.74. The molecule has 2 heterocycles. The highest BCUT2D eigenvalue weighted by Crippen LogP contribution is 2.27. The van der Waals surface area contributed by atoms with Crippen LogP contribution in [0.2, 0.25) is 0 Å². The fourth-order valence-corrected chi connectivity index (χ4v) is 2.27. The fraction of sp³-hybridized carbons (Fsp3) is 0.133. The van der Waals surface area contributed by atoms with Gasteiger partial charge < -0.3 is 9.72 Å². The number of rotatable bonds is 3. The lowest BCUT2D eigenvalue weighted by Crippen LogP contribution is -2.08. The Kier molecular flexibility index (Phi) is 2.95. The molecule has 0 amide bonds. The third-order valence-electron chi connectivity index (χ3n) is 3.12. The number of ether oxygens (including phenoxy) is 1. The first-order valence-corrected chi connectivity index (χ1v) is 6.28. The molecule has 100 valence electrons. The molecular formula is C15H12N2O3. The highest BCUT2D eigenvalue weighted by atomic mass is 16.5. The number of aldehydes is 1. The quantitative estimate of drug-likeness (QED) is 0.585. The highest BCUT2D eigenvalue weighted by Gasteiger charge is 2.15. The number of hydrogen-bond acceptors (Lipinski definition) is 4. The smallest absolute Gasteiger partial charge is 0.356 e. The van der Waals surface area contributed by atoms with E-state index < -0.39 is 5.97 Å². The number of H-pyrrole nitrogens is 1. The fourth-order valence-electron chi connectivity index (χ4n) is 2.27. The number of para-hydroxylation sites is 1. The van der Waals surface area contributed by atoms with Gasteiger partial charge in [0, 0.05) is 16.3 Å². The maximum atomic E-state index is 11.8. The molecule has 0 atom stereocenters. The van der Waals surface area contributed by atoms with Crippen LogP contribution in [0.5, 0.6) is 0 Å². The zero-order chi connectivity index (χ0) is 14.1. The Morgan fingerprint density at radius 2 is 2.15 bits per heavy atom. The van der Waals surface area contributed by atoms with Gasteiger partial charge in [0.15, 0.2) is 6.29 Å². The van der Waals surface area contributed by atoms with Gasteiger partial charge in [-0.2, -0.15) is 0 Å². The second-order valence-corrected chi connectivity index (χ2v) is 4.32. The minimum atomic E-state index is -0.525. The molecule has 0 saturated heterocycles. The molecule has 3 rings (SSSR count). The number of carbonyl (C=O) groups excluding carboxylic acids is 2. The van der Waals surface area contributed by atoms with E-state index in [1.807, 2.05) is 24.3 Å². The third-order valence-corrected chi connectivity index (χ3v) is 3.12. The van der Waals surface area contributed by atoms with Crippen molar-refractivity contribution in [1.29, 1.82) is 0 Å². The summed E-state index contributed by atoms with van der Waals surface area (Å²) < 4.78 is 4.94. The summed E-state index contributed by atoms with van der Waals surface area (Å²) in [5.74, 6) is -0.525. The predicted octanol–water partition coefficient (Wildman–Crippen LogP) is 2.71. The number of benzene rings is 1. The predicted molar refractivity (Wildman–Crippen MR) is 74.9 cm³/mol. The van der Waals surface area contributed by atoms with Crippen LogP contribution in [0, 0.1) is 0 Å². The van der Waals surface area contributed by atoms with Crippen LogP contribution in [0.25, 0.3) is 21.8 Å². The van der Waals surface area contributed by atoms with Crippen LogP contribution in [0.3, 0.4) is 0 Å². The van der Waals surface area contributed by atoms with E-state index in [-0.39, 0.29) is 18.0 Å². The summed E-state index contributed by atoms with van der Waals surface area (Å²) >= 11 is 0. The molecule has 0 bridgehead atoms. The van der Waals surface area contributed by atoms with Gasteiger partial charge in [0.2, 0.25) is 0 Å². The Hall–Kier alpha value is -2.69. The second-order valence-electron chi connectivity index (χ2n) is 4.32. The molecular weight excluding hydrogens is 256 g/mol. The zero-order valence-electron chi connectivity index (χ0n) is 10.8. The average molecular weight is 268 g/mol. The molecule has 5 heteroatoms. The molecule has 20 heavy (non-hydrogen) atoms. The van der Waals surface area contributed by atoms with Crippen molar-refractivity contribution in [2.75, 3.05) is 6.61 Å². The molecule has 3 aromatic rings. The van der Waals surface area contributed by atoms with Crippen LogP contribution in [0.1, 0.15) is 27.9 Å². The van der Waals surface area contributed by atoms with Gasteiger partial charge in [0.05, 0.1) is 12.1 Å². The second kappa shape index (κ2) is 4.77. The van der Waals surface area contributed by atoms with Gasteiger partial charge in [-0.3, -0.25) is 4.79 Å². The summed E-state index contributed by atoms with van der Waals surface area (Å²) in [6.07, 6.45) is 0.639. The molecule has 1 aromatic carbocycles. The molecule has 0 aliphatic heterocycles. The number of pyridine rings is 1. The van der Waals surface area contributed by atoms with E-state index in [2.05, 4.69) is 9.97 Å². The topological polar surface area (TPSA) is 72.1 Å². The number of hydrogen-bond donors (Lipinski definition) is 1. The number of aromatic nitrogens is 2. The molecule has 2 aromatic heterocycles. The van der Waals surface area contributed by atoms with Crippen molar-refractivity contribution >= 4 is 34.1 Å². The van der Waals surface area contributed by atoms with Gasteiger partial charge in [-0.05, 0) is 19.1 Å². The van der Waals surface area contributed by atoms with E-state index >= 15 is 0 Å². The van der Waals surface area contributed by atoms with Crippen molar-refractivity contribution in [3.63, 3.8) is 0 Å². The Bertz CT molecular complexity index is 820. The van der Waals surface area contributed by atoms with Crippen molar-refractivity contribution in [3.8, 4) is 0 Å². The van der Waals surface area contributed by atoms with Gasteiger partial charge in [-0.15, -0.1) is 0 Å². The number of esters is 1. The monoisotopic (exact) mass is 268 g/mol. The van der Waals surface area contributed by atoms with Crippen LogP contribution in [-0.4, -0.2) is 28.8 Å². The molecule has 0 aliphatic rings. The molecule has 0 radical (unpaired) electrons. The SMILES string of the molecule is CCOC(=O)c1cc2c([nH]c3ccccc32)c(C=O)n1. The summed E-state index contributed by atoms with van der Waals surface area (Å²) in [5, 5.41) is 1.74. The first kappa shape index (κ1) is 12.3. The lowest BCUT2D eigenvalue weighted by atomic mass is 10.1. The molecule has 0 unspecified atom stereocenters. The molecule has 0 saturated carbocycles. The van der Waals surface area contributed by atoms with Crippen molar-refractivity contribution in [3.05, 3.63) is 41.7 Å². The van der Waals surface area contributed by atoms with Crippen LogP contribution in [0.4, 0.5) is 0 Å². The molecule has 0 spiro atoms. The summed E-state index contributed by atoms with van der Waals surface area (Å²) in [7, 11) is 0. The first-order valence-electron chi connectivity index (χ1n) is 6.28. The van der Waals surface area contributed by atoms with E-state index in [4.69, 9.17) is 4.74 Å². The van der Waals surface area contributed by atoms with E-state index in [0.29, 0.717) is 11.8 Å². The summed E-state index contributed by atoms with van der Waals surface area (Å²) in [5.41, 5.74) is 1.88. The maximum Gasteiger partial charge on any atom is 0.356 e. The van der Waals surface area contributed by atoms with Gasteiger partial charge in [-0.25, -0.2) is 9.78 Å². The molecule has 0 aliphatic carbocycles. The standard InChI is InChI=1S/C15H12N2O3/c1-2-20-15(19)12-7-10-9-5-3-4-6-11(9)17-14(10)13(8-18)16-12/h3-8,17H,2H2,1H3. The van der Waals surface area contributed by atoms with Crippen molar-refractivity contribution in [1.82, 2.24) is 9.97 Å². The Morgan fingerprint density at radius 3 is 2.90 bits per heavy atom. The van der Waals surface area contributed by atoms with Gasteiger partial charge in [-0.1, -0.05) is 18.2 Å². The molecule has 0 fully saturated rings. The van der Waals surface area contributed by atoms with Crippen LogP contribution in [-0.2, 0) is 4.74 Å². The Balaban J connectivity index is 2.33. The summed E-state index contributed by atoms with van der Waals surface area (Å²) in [6.45, 7) is 1.99. The number of carbonyl (C=O) groups is 2. The lowest BCUT2D eigenvalue weighted by Gasteiger charge is -2.02. The Labute approximate surface area is 114 Å². The van der Waals surface area contributed by atoms with Crippen LogP contribution in [0.15, 0.2) is 30.3 Å². The Morgan fingerprint density at radius 1 is 1.35 bits per heavy atom. The van der Waals surface area contributed by atoms with E-state index in [0.717, 1.165) is 16.3 Å². The largest absolute Gasteiger partial charge is 0.461 e. The summed E-state index contributed by atoms with van der Waals surface area (Å²) in [6, 6.07) is 9.30. The van der Waals surface area contributed by atoms with Crippen molar-refractivity contribution in [2.24, 2.45) is 0 Å². The van der Waals surface area contributed by atoms with Gasteiger partial charge in [0.25, 0.3) is 0 Å². The maximum absolute atomic E-state index is 11.8. The van der Waals surface area contributed by atoms with Crippen LogP contribution < -0.4 is 0 Å². The normalized spacial score (nSPS) is 10.8. The number of nitrogens with one attached hydrogen (secondary N) is 1. The average Bonchev–Trinajstić information content (AvgIpc) is 2.85. The van der Waals surface area contributed by atoms with Crippen molar-refractivity contribution in [2.45, 2.75) is 6.92 Å². The van der Waals surface area contributed by atoms with E-state index in [1.165, 1.54) is 0 Å². The number of aromatic amines is 1. The van der Waals surface area contributed by atoms with Gasteiger partial charge in [0.1, 0.15) is 11.4 Å². The summed E-state index contributed by atoms with van der Waals surface area (Å²) in [4.78, 5) is 30.2. The van der Waals surface area contributed by atoms with Crippen molar-refractivity contribution < 1.29 is 14.3 Å². The number of fused-ring (bicyclic) bond motifs is 3. The highest BCUT2D eigenvalue weighted by molar-refractivity contribution is 6.12. The van der Waals surface area contributed by atoms with Crippen LogP contribution >= 0.6 is 0 Å².